The molecule has 0 aliphatic heterocycles. The molecular weight excluding hydrogens is 749 g/mol. The van der Waals surface area contributed by atoms with Crippen molar-refractivity contribution in [3.8, 4) is 22.4 Å². The number of nitrogens with zero attached hydrogens (tertiary/aromatic N) is 2. The van der Waals surface area contributed by atoms with Crippen LogP contribution in [0.3, 0.4) is 0 Å². The first kappa shape index (κ1) is 36.7. The average molecular weight is 796 g/mol. The van der Waals surface area contributed by atoms with Crippen LogP contribution in [-0.4, -0.2) is 15.9 Å². The van der Waals surface area contributed by atoms with Crippen LogP contribution in [0.4, 0.5) is 0 Å². The van der Waals surface area contributed by atoms with Crippen molar-refractivity contribution >= 4 is 27.5 Å². The molecule has 3 heterocycles. The average Bonchev–Trinajstić information content (AvgIpc) is 3.51. The third-order valence-corrected chi connectivity index (χ3v) is 8.67. The number of furan rings is 1. The summed E-state index contributed by atoms with van der Waals surface area (Å²) in [7, 11) is 4.22. The molecule has 0 unspecified atom stereocenters. The number of carbonyl (C=O) groups is 1. The zero-order valence-corrected chi connectivity index (χ0v) is 30.6. The van der Waals surface area contributed by atoms with Gasteiger partial charge in [-0.2, -0.15) is 0 Å². The van der Waals surface area contributed by atoms with E-state index >= 15 is 0 Å². The number of carbonyl (C=O) groups excluding carboxylic acids is 1. The summed E-state index contributed by atoms with van der Waals surface area (Å²) in [5.41, 5.74) is 6.25. The van der Waals surface area contributed by atoms with Gasteiger partial charge in [0.2, 0.25) is 0 Å². The van der Waals surface area contributed by atoms with Crippen LogP contribution in [-0.2, 0) is 30.3 Å². The summed E-state index contributed by atoms with van der Waals surface area (Å²) in [6.45, 7) is 14.8. The zero-order chi connectivity index (χ0) is 32.7. The van der Waals surface area contributed by atoms with Gasteiger partial charge in [-0.3, -0.25) is 9.78 Å². The standard InChI is InChI=1S/C27H23N2O.C13H24O2.Ir/c1-27(2,3)24-14-20(13-18-7-5-6-8-21(18)24)25-15-19(9-11-29(25)4)23-16-28-17-26-22(23)10-12-30-26;1-5-10(6-2)12(14)9-13(15)11(7-3)8-4;/h5-12,14-17H,4H2,1-3H3;9-11,14H,5-8H2,1-4H3;/q-1;;/b;12-9-;. The van der Waals surface area contributed by atoms with E-state index in [0.717, 1.165) is 64.4 Å². The minimum Gasteiger partial charge on any atom is -0.512 e. The maximum absolute atomic E-state index is 11.7. The summed E-state index contributed by atoms with van der Waals surface area (Å²) >= 11 is 0. The van der Waals surface area contributed by atoms with Crippen LogP contribution in [0.5, 0.6) is 0 Å². The van der Waals surface area contributed by atoms with Crippen molar-refractivity contribution < 1.29 is 39.0 Å². The van der Waals surface area contributed by atoms with E-state index in [1.54, 1.807) is 12.5 Å². The fourth-order valence-electron chi connectivity index (χ4n) is 5.82. The summed E-state index contributed by atoms with van der Waals surface area (Å²) < 4.78 is 7.44. The van der Waals surface area contributed by atoms with E-state index in [2.05, 4.69) is 81.3 Å². The Hall–Kier alpha value is -3.73. The summed E-state index contributed by atoms with van der Waals surface area (Å²) in [6, 6.07) is 20.5. The molecule has 0 aliphatic carbocycles. The van der Waals surface area contributed by atoms with Gasteiger partial charge in [0.05, 0.1) is 24.4 Å². The van der Waals surface area contributed by atoms with Crippen LogP contribution in [0, 0.1) is 24.9 Å². The second-order valence-corrected chi connectivity index (χ2v) is 12.7. The van der Waals surface area contributed by atoms with Gasteiger partial charge in [0.25, 0.3) is 0 Å². The topological polar surface area (TPSA) is 67.2 Å². The Bertz CT molecular complexity index is 1790. The molecule has 6 heteroatoms. The van der Waals surface area contributed by atoms with Crippen molar-refractivity contribution in [2.45, 2.75) is 79.6 Å². The van der Waals surface area contributed by atoms with Gasteiger partial charge < -0.3 is 14.1 Å². The molecule has 1 N–H and O–H groups in total. The quantitative estimate of drug-likeness (QED) is 0.0699. The molecule has 0 bridgehead atoms. The molecule has 1 radical (unpaired) electrons. The molecular formula is C40H47IrN2O3-. The van der Waals surface area contributed by atoms with Gasteiger partial charge in [0.1, 0.15) is 5.69 Å². The Kier molecular flexibility index (Phi) is 12.9. The van der Waals surface area contributed by atoms with Crippen LogP contribution in [0.1, 0.15) is 79.7 Å². The number of allylic oxidation sites excluding steroid dienone is 2. The first-order valence-corrected chi connectivity index (χ1v) is 16.1. The largest absolute Gasteiger partial charge is 0.512 e. The number of benzene rings is 2. The maximum atomic E-state index is 11.7. The second-order valence-electron chi connectivity index (χ2n) is 12.7. The summed E-state index contributed by atoms with van der Waals surface area (Å²) in [5.74, 6) is 0.547. The number of rotatable bonds is 9. The SMILES string of the molecule is CCC(CC)C(=O)/C=C(\O)C(CC)CC.[CH2-][n+]1ccc(-c2cncc3occc23)cc1-c1[c-]c2ccccc2c(C(C)(C)C)c1.[Ir]. The number of pyridine rings is 2. The number of aliphatic hydroxyl groups excluding tert-OH is 1. The first-order chi connectivity index (χ1) is 21.5. The molecule has 5 aromatic rings. The molecule has 245 valence electrons. The van der Waals surface area contributed by atoms with Crippen molar-refractivity contribution in [1.29, 1.82) is 0 Å². The number of hydrogen-bond donors (Lipinski definition) is 1. The third-order valence-electron chi connectivity index (χ3n) is 8.67. The normalized spacial score (nSPS) is 11.9. The first-order valence-electron chi connectivity index (χ1n) is 16.1. The molecule has 2 aromatic carbocycles. The maximum Gasteiger partial charge on any atom is 0.162 e. The summed E-state index contributed by atoms with van der Waals surface area (Å²) in [5, 5.41) is 13.2. The molecule has 0 amide bonds. The second kappa shape index (κ2) is 16.2. The van der Waals surface area contributed by atoms with Crippen LogP contribution in [0.2, 0.25) is 0 Å². The molecule has 0 atom stereocenters. The minimum absolute atomic E-state index is 0. The number of fused-ring (bicyclic) bond motifs is 2. The fraction of sp³-hybridized carbons (Fsp3) is 0.350. The van der Waals surface area contributed by atoms with Crippen molar-refractivity contribution in [2.24, 2.45) is 11.8 Å². The molecule has 46 heavy (non-hydrogen) atoms. The van der Waals surface area contributed by atoms with E-state index in [0.29, 0.717) is 0 Å². The molecule has 0 aliphatic rings. The monoisotopic (exact) mass is 796 g/mol. The van der Waals surface area contributed by atoms with Crippen LogP contribution in [0.15, 0.2) is 89.6 Å². The number of ketones is 1. The molecule has 5 rings (SSSR count). The van der Waals surface area contributed by atoms with E-state index in [9.17, 15) is 9.90 Å². The van der Waals surface area contributed by atoms with Gasteiger partial charge in [0.15, 0.2) is 11.4 Å². The van der Waals surface area contributed by atoms with Crippen LogP contribution >= 0.6 is 0 Å². The van der Waals surface area contributed by atoms with Crippen LogP contribution < -0.4 is 4.57 Å². The number of aliphatic hydroxyl groups is 1. The van der Waals surface area contributed by atoms with Crippen molar-refractivity contribution in [1.82, 2.24) is 4.98 Å². The van der Waals surface area contributed by atoms with Gasteiger partial charge in [-0.15, -0.1) is 29.1 Å². The van der Waals surface area contributed by atoms with Gasteiger partial charge in [-0.05, 0) is 54.9 Å². The van der Waals surface area contributed by atoms with E-state index < -0.39 is 0 Å². The van der Waals surface area contributed by atoms with E-state index in [-0.39, 0.29) is 48.9 Å². The van der Waals surface area contributed by atoms with E-state index in [1.165, 1.54) is 17.0 Å². The third kappa shape index (κ3) is 8.34. The minimum atomic E-state index is 0. The molecule has 0 saturated heterocycles. The van der Waals surface area contributed by atoms with Crippen molar-refractivity contribution in [3.63, 3.8) is 0 Å². The predicted octanol–water partition coefficient (Wildman–Crippen LogP) is 10.2. The smallest absolute Gasteiger partial charge is 0.162 e. The Balaban J connectivity index is 0.000000309. The van der Waals surface area contributed by atoms with E-state index in [4.69, 9.17) is 4.42 Å². The fourth-order valence-corrected chi connectivity index (χ4v) is 5.82. The number of aromatic nitrogens is 2. The van der Waals surface area contributed by atoms with Gasteiger partial charge in [-0.1, -0.05) is 77.6 Å². The molecule has 3 aromatic heterocycles. The molecule has 0 fully saturated rings. The molecule has 0 saturated carbocycles. The molecule has 5 nitrogen and oxygen atoms in total. The molecule has 0 spiro atoms. The van der Waals surface area contributed by atoms with Gasteiger partial charge in [-0.25, -0.2) is 0 Å². The Morgan fingerprint density at radius 3 is 2.30 bits per heavy atom. The van der Waals surface area contributed by atoms with Crippen molar-refractivity contribution in [3.05, 3.63) is 104 Å². The van der Waals surface area contributed by atoms with Crippen molar-refractivity contribution in [2.75, 3.05) is 0 Å². The summed E-state index contributed by atoms with van der Waals surface area (Å²) in [4.78, 5) is 16.1. The van der Waals surface area contributed by atoms with Gasteiger partial charge in [0, 0.05) is 62.2 Å². The summed E-state index contributed by atoms with van der Waals surface area (Å²) in [6.07, 6.45) is 12.2. The Morgan fingerprint density at radius 2 is 1.65 bits per heavy atom. The van der Waals surface area contributed by atoms with Crippen LogP contribution in [0.25, 0.3) is 44.1 Å². The Labute approximate surface area is 288 Å². The predicted molar refractivity (Wildman–Crippen MR) is 185 cm³/mol. The number of hydrogen-bond acceptors (Lipinski definition) is 4. The zero-order valence-electron chi connectivity index (χ0n) is 28.2. The van der Waals surface area contributed by atoms with Gasteiger partial charge >= 0.3 is 0 Å². The van der Waals surface area contributed by atoms with E-state index in [1.807, 2.05) is 50.7 Å². The Morgan fingerprint density at radius 1 is 0.978 bits per heavy atom.